The molecule has 0 bridgehead atoms. The first-order chi connectivity index (χ1) is 12.6. The van der Waals surface area contributed by atoms with Crippen LogP contribution in [0.3, 0.4) is 0 Å². The second-order valence-electron chi connectivity index (χ2n) is 6.04. The largest absolute Gasteiger partial charge is 0.482 e. The first kappa shape index (κ1) is 17.6. The van der Waals surface area contributed by atoms with Crippen LogP contribution in [0, 0.1) is 0 Å². The number of fused-ring (bicyclic) bond motifs is 1. The molecule has 3 N–H and O–H groups in total. The van der Waals surface area contributed by atoms with Crippen molar-refractivity contribution in [3.05, 3.63) is 48.5 Å². The quantitative estimate of drug-likeness (QED) is 0.697. The normalized spacial score (nSPS) is 12.4. The molecule has 0 aliphatic carbocycles. The van der Waals surface area contributed by atoms with E-state index < -0.39 is 0 Å². The van der Waals surface area contributed by atoms with Crippen LogP contribution >= 0.6 is 0 Å². The van der Waals surface area contributed by atoms with Gasteiger partial charge in [-0.25, -0.2) is 4.79 Å². The number of hydrogen-bond acceptors (Lipinski definition) is 4. The fourth-order valence-electron chi connectivity index (χ4n) is 2.66. The van der Waals surface area contributed by atoms with Crippen LogP contribution < -0.4 is 25.6 Å². The number of ether oxygens (including phenoxy) is 1. The Balaban J connectivity index is 1.41. The Labute approximate surface area is 152 Å². The van der Waals surface area contributed by atoms with Gasteiger partial charge in [0.2, 0.25) is 0 Å². The second-order valence-corrected chi connectivity index (χ2v) is 6.04. The molecule has 1 heterocycles. The van der Waals surface area contributed by atoms with Crippen LogP contribution in [0.25, 0.3) is 0 Å². The van der Waals surface area contributed by atoms with Crippen molar-refractivity contribution in [1.82, 2.24) is 5.32 Å². The third-order valence-electron chi connectivity index (χ3n) is 4.03. The van der Waals surface area contributed by atoms with Gasteiger partial charge in [-0.3, -0.25) is 4.79 Å². The summed E-state index contributed by atoms with van der Waals surface area (Å²) in [7, 11) is 2.03. The summed E-state index contributed by atoms with van der Waals surface area (Å²) in [5, 5.41) is 8.31. The molecule has 1 aliphatic rings. The molecular formula is C19H22N4O3. The molecule has 0 saturated carbocycles. The number of hydrogen-bond donors (Lipinski definition) is 3. The fraction of sp³-hybridized carbons (Fsp3) is 0.263. The molecule has 2 aromatic rings. The Morgan fingerprint density at radius 2 is 2.04 bits per heavy atom. The van der Waals surface area contributed by atoms with E-state index in [1.165, 1.54) is 0 Å². The Hall–Kier alpha value is -3.22. The zero-order chi connectivity index (χ0) is 18.4. The highest BCUT2D eigenvalue weighted by atomic mass is 16.5. The Morgan fingerprint density at radius 1 is 1.23 bits per heavy atom. The molecule has 0 fully saturated rings. The van der Waals surface area contributed by atoms with Crippen LogP contribution in [-0.2, 0) is 4.79 Å². The van der Waals surface area contributed by atoms with Crippen LogP contribution in [0.5, 0.6) is 5.75 Å². The van der Waals surface area contributed by atoms with E-state index in [1.807, 2.05) is 25.2 Å². The van der Waals surface area contributed by atoms with Crippen molar-refractivity contribution in [3.8, 4) is 5.75 Å². The summed E-state index contributed by atoms with van der Waals surface area (Å²) >= 11 is 0. The number of urea groups is 1. The number of para-hydroxylation sites is 1. The SMILES string of the molecule is CN(CCCNC(=O)Nc1ccc2c(c1)OCC(=O)N2)c1ccccc1. The van der Waals surface area contributed by atoms with E-state index in [1.54, 1.807) is 18.2 Å². The molecule has 0 unspecified atom stereocenters. The van der Waals surface area contributed by atoms with Crippen molar-refractivity contribution in [2.45, 2.75) is 6.42 Å². The van der Waals surface area contributed by atoms with E-state index in [4.69, 9.17) is 4.74 Å². The lowest BCUT2D eigenvalue weighted by Crippen LogP contribution is -2.31. The van der Waals surface area contributed by atoms with Gasteiger partial charge >= 0.3 is 6.03 Å². The molecule has 2 aromatic carbocycles. The van der Waals surface area contributed by atoms with E-state index in [9.17, 15) is 9.59 Å². The monoisotopic (exact) mass is 354 g/mol. The van der Waals surface area contributed by atoms with Crippen LogP contribution in [0.4, 0.5) is 21.9 Å². The molecule has 26 heavy (non-hydrogen) atoms. The Morgan fingerprint density at radius 3 is 2.85 bits per heavy atom. The van der Waals surface area contributed by atoms with E-state index >= 15 is 0 Å². The fourth-order valence-corrected chi connectivity index (χ4v) is 2.66. The van der Waals surface area contributed by atoms with E-state index in [-0.39, 0.29) is 18.5 Å². The number of benzene rings is 2. The number of amides is 3. The van der Waals surface area contributed by atoms with Gasteiger partial charge in [-0.15, -0.1) is 0 Å². The molecular weight excluding hydrogens is 332 g/mol. The molecule has 0 atom stereocenters. The lowest BCUT2D eigenvalue weighted by molar-refractivity contribution is -0.118. The van der Waals surface area contributed by atoms with Crippen LogP contribution in [-0.4, -0.2) is 38.7 Å². The maximum absolute atomic E-state index is 12.0. The van der Waals surface area contributed by atoms with Gasteiger partial charge in [0.25, 0.3) is 5.91 Å². The number of nitrogens with one attached hydrogen (secondary N) is 3. The maximum atomic E-state index is 12.0. The minimum atomic E-state index is -0.271. The van der Waals surface area contributed by atoms with E-state index in [2.05, 4.69) is 33.0 Å². The standard InChI is InChI=1S/C19H22N4O3/c1-23(15-6-3-2-4-7-15)11-5-10-20-19(25)21-14-8-9-16-17(12-14)26-13-18(24)22-16/h2-4,6-9,12H,5,10-11,13H2,1H3,(H,22,24)(H2,20,21,25). The molecule has 3 amide bonds. The maximum Gasteiger partial charge on any atom is 0.319 e. The van der Waals surface area contributed by atoms with Gasteiger partial charge in [0.1, 0.15) is 5.75 Å². The average Bonchev–Trinajstić information content (AvgIpc) is 2.66. The van der Waals surface area contributed by atoms with Crippen molar-refractivity contribution < 1.29 is 14.3 Å². The summed E-state index contributed by atoms with van der Waals surface area (Å²) in [6.07, 6.45) is 0.831. The number of carbonyl (C=O) groups is 2. The molecule has 7 heteroatoms. The van der Waals surface area contributed by atoms with Crippen molar-refractivity contribution in [3.63, 3.8) is 0 Å². The first-order valence-electron chi connectivity index (χ1n) is 8.49. The summed E-state index contributed by atoms with van der Waals surface area (Å²) in [6.45, 7) is 1.40. The molecule has 0 radical (unpaired) electrons. The van der Waals surface area contributed by atoms with Gasteiger partial charge in [0.05, 0.1) is 5.69 Å². The number of carbonyl (C=O) groups excluding carboxylic acids is 2. The van der Waals surface area contributed by atoms with Gasteiger partial charge in [-0.1, -0.05) is 18.2 Å². The summed E-state index contributed by atoms with van der Waals surface area (Å²) in [6, 6.07) is 15.0. The minimum absolute atomic E-state index is 0.0163. The smallest absolute Gasteiger partial charge is 0.319 e. The third kappa shape index (κ3) is 4.66. The number of nitrogens with zero attached hydrogens (tertiary/aromatic N) is 1. The Kier molecular flexibility index (Phi) is 5.58. The van der Waals surface area contributed by atoms with Crippen molar-refractivity contribution >= 4 is 29.0 Å². The molecule has 1 aliphatic heterocycles. The highest BCUT2D eigenvalue weighted by Gasteiger charge is 2.16. The van der Waals surface area contributed by atoms with E-state index in [0.717, 1.165) is 18.7 Å². The van der Waals surface area contributed by atoms with Gasteiger partial charge in [0, 0.05) is 37.6 Å². The van der Waals surface area contributed by atoms with Gasteiger partial charge in [-0.05, 0) is 30.7 Å². The topological polar surface area (TPSA) is 82.7 Å². The average molecular weight is 354 g/mol. The lowest BCUT2D eigenvalue weighted by atomic mass is 10.2. The predicted octanol–water partition coefficient (Wildman–Crippen LogP) is 2.67. The predicted molar refractivity (Wildman–Crippen MR) is 102 cm³/mol. The van der Waals surface area contributed by atoms with Crippen LogP contribution in [0.2, 0.25) is 0 Å². The molecule has 136 valence electrons. The van der Waals surface area contributed by atoms with Crippen molar-refractivity contribution in [1.29, 1.82) is 0 Å². The zero-order valence-electron chi connectivity index (χ0n) is 14.6. The van der Waals surface area contributed by atoms with Crippen LogP contribution in [0.15, 0.2) is 48.5 Å². The molecule has 0 spiro atoms. The minimum Gasteiger partial charge on any atom is -0.482 e. The second kappa shape index (κ2) is 8.24. The van der Waals surface area contributed by atoms with Crippen molar-refractivity contribution in [2.75, 3.05) is 42.3 Å². The molecule has 0 aromatic heterocycles. The first-order valence-corrected chi connectivity index (χ1v) is 8.49. The number of rotatable bonds is 6. The highest BCUT2D eigenvalue weighted by Crippen LogP contribution is 2.30. The van der Waals surface area contributed by atoms with Gasteiger partial charge in [-0.2, -0.15) is 0 Å². The van der Waals surface area contributed by atoms with E-state index in [0.29, 0.717) is 23.7 Å². The van der Waals surface area contributed by atoms with Gasteiger partial charge < -0.3 is 25.6 Å². The lowest BCUT2D eigenvalue weighted by Gasteiger charge is -2.19. The molecule has 7 nitrogen and oxygen atoms in total. The number of anilines is 3. The molecule has 3 rings (SSSR count). The third-order valence-corrected chi connectivity index (χ3v) is 4.03. The Bertz CT molecular complexity index is 780. The van der Waals surface area contributed by atoms with Gasteiger partial charge in [0.15, 0.2) is 6.61 Å². The zero-order valence-corrected chi connectivity index (χ0v) is 14.6. The highest BCUT2D eigenvalue weighted by molar-refractivity contribution is 5.96. The summed E-state index contributed by atoms with van der Waals surface area (Å²) < 4.78 is 5.34. The van der Waals surface area contributed by atoms with Crippen molar-refractivity contribution in [2.24, 2.45) is 0 Å². The summed E-state index contributed by atoms with van der Waals surface area (Å²) in [5.74, 6) is 0.364. The summed E-state index contributed by atoms with van der Waals surface area (Å²) in [5.41, 5.74) is 2.37. The molecule has 0 saturated heterocycles. The van der Waals surface area contributed by atoms with Crippen LogP contribution in [0.1, 0.15) is 6.42 Å². The summed E-state index contributed by atoms with van der Waals surface area (Å²) in [4.78, 5) is 25.4.